The van der Waals surface area contributed by atoms with Gasteiger partial charge in [0.15, 0.2) is 0 Å². The molecule has 3 amide bonds. The molecule has 1 aromatic rings. The third kappa shape index (κ3) is 1.61. The minimum atomic E-state index is -1.14. The van der Waals surface area contributed by atoms with E-state index in [1.807, 2.05) is 45.0 Å². The lowest BCUT2D eigenvalue weighted by Crippen LogP contribution is -2.53. The maximum Gasteiger partial charge on any atom is 0.250 e. The highest BCUT2D eigenvalue weighted by atomic mass is 16.2. The Morgan fingerprint density at radius 3 is 2.62 bits per heavy atom. The van der Waals surface area contributed by atoms with Crippen molar-refractivity contribution in [3.63, 3.8) is 0 Å². The Balaban J connectivity index is 1.88. The van der Waals surface area contributed by atoms with Gasteiger partial charge >= 0.3 is 0 Å². The van der Waals surface area contributed by atoms with E-state index in [1.54, 1.807) is 0 Å². The van der Waals surface area contributed by atoms with E-state index in [0.29, 0.717) is 12.1 Å². The number of nitrogens with zero attached hydrogens (tertiary/aromatic N) is 1. The number of carbonyl (C=O) groups excluding carboxylic acids is 3. The zero-order chi connectivity index (χ0) is 17.2. The molecule has 3 heterocycles. The SMILES string of the molecule is CC[C@H](C)N1C(=O)[C@H]2[C@@H](C1=O)[C@]1(N[C@@H]2C)C(=O)Nc2ccccc21. The van der Waals surface area contributed by atoms with Gasteiger partial charge in [-0.1, -0.05) is 25.1 Å². The van der Waals surface area contributed by atoms with E-state index >= 15 is 0 Å². The van der Waals surface area contributed by atoms with Crippen molar-refractivity contribution in [3.8, 4) is 0 Å². The Bertz CT molecular complexity index is 762. The second-order valence-electron chi connectivity index (χ2n) is 7.05. The molecule has 1 aromatic carbocycles. The van der Waals surface area contributed by atoms with Gasteiger partial charge in [0.05, 0.1) is 11.8 Å². The average molecular weight is 327 g/mol. The molecular weight excluding hydrogens is 306 g/mol. The minimum absolute atomic E-state index is 0.153. The number of hydrogen-bond acceptors (Lipinski definition) is 4. The summed E-state index contributed by atoms with van der Waals surface area (Å²) in [5.74, 6) is -1.81. The molecular formula is C18H21N3O3. The monoisotopic (exact) mass is 327 g/mol. The van der Waals surface area contributed by atoms with Gasteiger partial charge in [-0.15, -0.1) is 0 Å². The number of likely N-dealkylation sites (tertiary alicyclic amines) is 1. The van der Waals surface area contributed by atoms with Crippen molar-refractivity contribution >= 4 is 23.4 Å². The Kier molecular flexibility index (Phi) is 3.12. The zero-order valence-corrected chi connectivity index (χ0v) is 14.0. The predicted molar refractivity (Wildman–Crippen MR) is 87.9 cm³/mol. The standard InChI is InChI=1S/C18H21N3O3/c1-4-9(2)21-15(22)13-10(3)20-18(14(13)16(21)23)11-7-5-6-8-12(11)19-17(18)24/h5-10,13-14,20H,4H2,1-3H3,(H,19,24)/t9-,10+,13+,14-,18-/m0/s1. The summed E-state index contributed by atoms with van der Waals surface area (Å²) in [7, 11) is 0. The fourth-order valence-corrected chi connectivity index (χ4v) is 4.56. The van der Waals surface area contributed by atoms with Crippen LogP contribution in [-0.4, -0.2) is 34.7 Å². The second-order valence-corrected chi connectivity index (χ2v) is 7.05. The second kappa shape index (κ2) is 4.89. The van der Waals surface area contributed by atoms with Gasteiger partial charge < -0.3 is 5.32 Å². The van der Waals surface area contributed by atoms with Crippen molar-refractivity contribution in [2.45, 2.75) is 44.8 Å². The van der Waals surface area contributed by atoms with Crippen LogP contribution in [0.15, 0.2) is 24.3 Å². The molecule has 126 valence electrons. The number of benzene rings is 1. The molecule has 24 heavy (non-hydrogen) atoms. The summed E-state index contributed by atoms with van der Waals surface area (Å²) in [5.41, 5.74) is 0.335. The van der Waals surface area contributed by atoms with Crippen LogP contribution < -0.4 is 10.6 Å². The molecule has 3 aliphatic rings. The van der Waals surface area contributed by atoms with Gasteiger partial charge in [0, 0.05) is 23.3 Å². The summed E-state index contributed by atoms with van der Waals surface area (Å²) in [6.07, 6.45) is 0.703. The highest BCUT2D eigenvalue weighted by Gasteiger charge is 2.69. The maximum absolute atomic E-state index is 13.1. The summed E-state index contributed by atoms with van der Waals surface area (Å²) >= 11 is 0. The number of hydrogen-bond donors (Lipinski definition) is 2. The van der Waals surface area contributed by atoms with Gasteiger partial charge in [-0.2, -0.15) is 0 Å². The van der Waals surface area contributed by atoms with E-state index in [2.05, 4.69) is 10.6 Å². The summed E-state index contributed by atoms with van der Waals surface area (Å²) in [6.45, 7) is 5.71. The van der Waals surface area contributed by atoms with Crippen LogP contribution in [0.4, 0.5) is 5.69 Å². The smallest absolute Gasteiger partial charge is 0.250 e. The van der Waals surface area contributed by atoms with Gasteiger partial charge in [0.1, 0.15) is 5.54 Å². The average Bonchev–Trinajstić information content (AvgIpc) is 3.12. The number of imide groups is 1. The Morgan fingerprint density at radius 1 is 1.21 bits per heavy atom. The van der Waals surface area contributed by atoms with Crippen molar-refractivity contribution in [2.24, 2.45) is 11.8 Å². The molecule has 5 atom stereocenters. The van der Waals surface area contributed by atoms with Crippen LogP contribution in [-0.2, 0) is 19.9 Å². The van der Waals surface area contributed by atoms with Crippen LogP contribution in [0.3, 0.4) is 0 Å². The molecule has 1 spiro atoms. The first-order chi connectivity index (χ1) is 11.4. The maximum atomic E-state index is 13.1. The molecule has 3 aliphatic heterocycles. The minimum Gasteiger partial charge on any atom is -0.324 e. The number of para-hydroxylation sites is 1. The molecule has 0 bridgehead atoms. The van der Waals surface area contributed by atoms with E-state index in [4.69, 9.17) is 0 Å². The first-order valence-corrected chi connectivity index (χ1v) is 8.49. The molecule has 2 saturated heterocycles. The van der Waals surface area contributed by atoms with E-state index in [1.165, 1.54) is 4.90 Å². The summed E-state index contributed by atoms with van der Waals surface area (Å²) in [4.78, 5) is 40.3. The van der Waals surface area contributed by atoms with E-state index < -0.39 is 17.4 Å². The van der Waals surface area contributed by atoms with Crippen molar-refractivity contribution in [1.29, 1.82) is 0 Å². The predicted octanol–water partition coefficient (Wildman–Crippen LogP) is 1.23. The number of amides is 3. The van der Waals surface area contributed by atoms with Crippen LogP contribution in [0.2, 0.25) is 0 Å². The normalized spacial score (nSPS) is 35.4. The fraction of sp³-hybridized carbons (Fsp3) is 0.500. The molecule has 6 heteroatoms. The summed E-state index contributed by atoms with van der Waals surface area (Å²) in [6, 6.07) is 7.00. The molecule has 0 aromatic heterocycles. The largest absolute Gasteiger partial charge is 0.324 e. The van der Waals surface area contributed by atoms with Gasteiger partial charge in [-0.25, -0.2) is 0 Å². The zero-order valence-electron chi connectivity index (χ0n) is 14.0. The summed E-state index contributed by atoms with van der Waals surface area (Å²) < 4.78 is 0. The van der Waals surface area contributed by atoms with Gasteiger partial charge in [0.25, 0.3) is 0 Å². The fourth-order valence-electron chi connectivity index (χ4n) is 4.56. The van der Waals surface area contributed by atoms with Crippen molar-refractivity contribution in [2.75, 3.05) is 5.32 Å². The topological polar surface area (TPSA) is 78.5 Å². The van der Waals surface area contributed by atoms with Crippen LogP contribution in [0.25, 0.3) is 0 Å². The third-order valence-corrected chi connectivity index (χ3v) is 5.84. The van der Waals surface area contributed by atoms with Gasteiger partial charge in [-0.3, -0.25) is 24.6 Å². The quantitative estimate of drug-likeness (QED) is 0.801. The Labute approximate surface area is 140 Å². The third-order valence-electron chi connectivity index (χ3n) is 5.84. The molecule has 0 radical (unpaired) electrons. The van der Waals surface area contributed by atoms with Gasteiger partial charge in [0.2, 0.25) is 17.7 Å². The van der Waals surface area contributed by atoms with Gasteiger partial charge in [-0.05, 0) is 26.3 Å². The molecule has 0 unspecified atom stereocenters. The lowest BCUT2D eigenvalue weighted by atomic mass is 9.76. The number of carbonyl (C=O) groups is 3. The lowest BCUT2D eigenvalue weighted by molar-refractivity contribution is -0.145. The number of rotatable bonds is 2. The van der Waals surface area contributed by atoms with E-state index in [-0.39, 0.29) is 29.8 Å². The molecule has 0 aliphatic carbocycles. The number of anilines is 1. The first kappa shape index (κ1) is 15.3. The van der Waals surface area contributed by atoms with E-state index in [0.717, 1.165) is 5.56 Å². The number of nitrogens with one attached hydrogen (secondary N) is 2. The molecule has 6 nitrogen and oxygen atoms in total. The van der Waals surface area contributed by atoms with Crippen molar-refractivity contribution in [1.82, 2.24) is 10.2 Å². The van der Waals surface area contributed by atoms with Crippen LogP contribution in [0.1, 0.15) is 32.8 Å². The first-order valence-electron chi connectivity index (χ1n) is 8.49. The lowest BCUT2D eigenvalue weighted by Gasteiger charge is -2.30. The van der Waals surface area contributed by atoms with Crippen LogP contribution >= 0.6 is 0 Å². The molecule has 4 rings (SSSR count). The van der Waals surface area contributed by atoms with E-state index in [9.17, 15) is 14.4 Å². The summed E-state index contributed by atoms with van der Waals surface area (Å²) in [5, 5.41) is 6.17. The van der Waals surface area contributed by atoms with Crippen LogP contribution in [0, 0.1) is 11.8 Å². The molecule has 2 fully saturated rings. The highest BCUT2D eigenvalue weighted by molar-refractivity contribution is 6.15. The molecule has 2 N–H and O–H groups in total. The van der Waals surface area contributed by atoms with Crippen LogP contribution in [0.5, 0.6) is 0 Å². The highest BCUT2D eigenvalue weighted by Crippen LogP contribution is 2.52. The molecule has 0 saturated carbocycles. The number of fused-ring (bicyclic) bond motifs is 4. The van der Waals surface area contributed by atoms with Crippen molar-refractivity contribution in [3.05, 3.63) is 29.8 Å². The van der Waals surface area contributed by atoms with Crippen molar-refractivity contribution < 1.29 is 14.4 Å². The Hall–Kier alpha value is -2.21. The Morgan fingerprint density at radius 2 is 1.92 bits per heavy atom.